The van der Waals surface area contributed by atoms with E-state index in [1.165, 1.54) is 24.4 Å². The van der Waals surface area contributed by atoms with Crippen LogP contribution in [0.4, 0.5) is 0 Å². The minimum absolute atomic E-state index is 0.0353. The van der Waals surface area contributed by atoms with E-state index >= 15 is 0 Å². The summed E-state index contributed by atoms with van der Waals surface area (Å²) in [6, 6.07) is 6.07. The fraction of sp³-hybridized carbons (Fsp3) is 0.375. The van der Waals surface area contributed by atoms with E-state index in [9.17, 15) is 18.0 Å². The van der Waals surface area contributed by atoms with Crippen molar-refractivity contribution < 1.29 is 22.7 Å². The largest absolute Gasteiger partial charge is 0.462 e. The second kappa shape index (κ2) is 6.95. The zero-order chi connectivity index (χ0) is 17.0. The second-order valence-electron chi connectivity index (χ2n) is 5.32. The van der Waals surface area contributed by atoms with Gasteiger partial charge in [0.25, 0.3) is 0 Å². The lowest BCUT2D eigenvalue weighted by Gasteiger charge is -2.10. The average molecular weight is 337 g/mol. The van der Waals surface area contributed by atoms with Crippen molar-refractivity contribution in [2.24, 2.45) is 0 Å². The van der Waals surface area contributed by atoms with Crippen LogP contribution in [0, 0.1) is 0 Å². The van der Waals surface area contributed by atoms with Crippen molar-refractivity contribution in [2.45, 2.75) is 30.7 Å². The van der Waals surface area contributed by atoms with Crippen LogP contribution in [-0.4, -0.2) is 39.1 Å². The van der Waals surface area contributed by atoms with Crippen LogP contribution in [0.1, 0.15) is 30.1 Å². The Balaban J connectivity index is 2.41. The molecule has 7 heteroatoms. The average Bonchev–Trinajstić information content (AvgIpc) is 3.31. The van der Waals surface area contributed by atoms with Crippen molar-refractivity contribution in [3.63, 3.8) is 0 Å². The molecular weight excluding hydrogens is 318 g/mol. The van der Waals surface area contributed by atoms with Gasteiger partial charge in [-0.3, -0.25) is 4.79 Å². The third-order valence-electron chi connectivity index (χ3n) is 3.31. The number of hydrogen-bond donors (Lipinski definition) is 1. The van der Waals surface area contributed by atoms with E-state index in [-0.39, 0.29) is 28.7 Å². The van der Waals surface area contributed by atoms with Crippen molar-refractivity contribution in [3.8, 4) is 0 Å². The van der Waals surface area contributed by atoms with Crippen molar-refractivity contribution in [1.29, 1.82) is 0 Å². The summed E-state index contributed by atoms with van der Waals surface area (Å²) in [5.41, 5.74) is -0.234. The first kappa shape index (κ1) is 17.2. The second-order valence-corrected chi connectivity index (χ2v) is 7.30. The van der Waals surface area contributed by atoms with Crippen LogP contribution < -0.4 is 5.32 Å². The van der Waals surface area contributed by atoms with E-state index in [4.69, 9.17) is 4.74 Å². The number of benzene rings is 1. The predicted octanol–water partition coefficient (Wildman–Crippen LogP) is 1.47. The summed E-state index contributed by atoms with van der Waals surface area (Å²) in [7, 11) is -3.59. The number of esters is 1. The number of hydrogen-bond acceptors (Lipinski definition) is 6. The molecule has 124 valence electrons. The third kappa shape index (κ3) is 4.41. The van der Waals surface area contributed by atoms with Gasteiger partial charge in [-0.1, -0.05) is 12.1 Å². The maximum Gasteiger partial charge on any atom is 0.343 e. The van der Waals surface area contributed by atoms with Crippen LogP contribution in [0.3, 0.4) is 0 Å². The Bertz CT molecular complexity index is 747. The van der Waals surface area contributed by atoms with E-state index in [1.807, 2.05) is 0 Å². The van der Waals surface area contributed by atoms with Crippen molar-refractivity contribution in [2.75, 3.05) is 12.9 Å². The molecule has 1 aliphatic carbocycles. The first-order valence-electron chi connectivity index (χ1n) is 7.31. The van der Waals surface area contributed by atoms with E-state index in [0.29, 0.717) is 0 Å². The molecule has 2 rings (SSSR count). The highest BCUT2D eigenvalue weighted by atomic mass is 32.2. The molecule has 1 N–H and O–H groups in total. The Morgan fingerprint density at radius 3 is 2.52 bits per heavy atom. The standard InChI is InChI=1S/C16H19NO5S/c1-3-22-16(19)13(10-17-11-8-9-11)15(18)12-6-4-5-7-14(12)23(2,20)21/h4-7,10-11,17H,3,8-9H2,1-2H3. The van der Waals surface area contributed by atoms with Crippen LogP contribution in [-0.2, 0) is 19.4 Å². The van der Waals surface area contributed by atoms with Gasteiger partial charge in [0.2, 0.25) is 5.78 Å². The Kier molecular flexibility index (Phi) is 5.20. The summed E-state index contributed by atoms with van der Waals surface area (Å²) in [4.78, 5) is 24.6. The Morgan fingerprint density at radius 2 is 1.96 bits per heavy atom. The quantitative estimate of drug-likeness (QED) is 0.266. The van der Waals surface area contributed by atoms with Gasteiger partial charge in [-0.05, 0) is 31.9 Å². The zero-order valence-electron chi connectivity index (χ0n) is 13.0. The number of rotatable bonds is 7. The number of Topliss-reactive ketones (excluding diaryl/α,β-unsaturated/α-hetero) is 1. The fourth-order valence-electron chi connectivity index (χ4n) is 2.00. The highest BCUT2D eigenvalue weighted by molar-refractivity contribution is 7.90. The SMILES string of the molecule is CCOC(=O)C(=CNC1CC1)C(=O)c1ccccc1S(C)(=O)=O. The molecule has 0 heterocycles. The topological polar surface area (TPSA) is 89.5 Å². The molecule has 1 fully saturated rings. The van der Waals surface area contributed by atoms with E-state index < -0.39 is 21.6 Å². The van der Waals surface area contributed by atoms with Gasteiger partial charge in [0.05, 0.1) is 11.5 Å². The van der Waals surface area contributed by atoms with Crippen LogP contribution in [0.25, 0.3) is 0 Å². The van der Waals surface area contributed by atoms with Gasteiger partial charge in [0.1, 0.15) is 5.57 Å². The van der Waals surface area contributed by atoms with Gasteiger partial charge >= 0.3 is 5.97 Å². The number of ether oxygens (including phenoxy) is 1. The number of carbonyl (C=O) groups is 2. The number of carbonyl (C=O) groups excluding carboxylic acids is 2. The summed E-state index contributed by atoms with van der Waals surface area (Å²) in [5, 5.41) is 2.97. The zero-order valence-corrected chi connectivity index (χ0v) is 13.9. The highest BCUT2D eigenvalue weighted by Crippen LogP contribution is 2.21. The maximum atomic E-state index is 12.7. The molecule has 0 amide bonds. The van der Waals surface area contributed by atoms with Crippen molar-refractivity contribution >= 4 is 21.6 Å². The summed E-state index contributed by atoms with van der Waals surface area (Å²) in [6.45, 7) is 1.76. The molecule has 0 aromatic heterocycles. The van der Waals surface area contributed by atoms with Gasteiger partial charge in [-0.15, -0.1) is 0 Å². The Labute approximate surface area is 135 Å². The molecular formula is C16H19NO5S. The summed E-state index contributed by atoms with van der Waals surface area (Å²) < 4.78 is 28.6. The summed E-state index contributed by atoms with van der Waals surface area (Å²) in [6.07, 6.45) is 4.30. The number of ketones is 1. The monoisotopic (exact) mass is 337 g/mol. The van der Waals surface area contributed by atoms with Gasteiger partial charge in [-0.25, -0.2) is 13.2 Å². The lowest BCUT2D eigenvalue weighted by Crippen LogP contribution is -2.21. The van der Waals surface area contributed by atoms with E-state index in [0.717, 1.165) is 19.1 Å². The first-order chi connectivity index (χ1) is 10.8. The molecule has 1 aromatic rings. The predicted molar refractivity (Wildman–Crippen MR) is 84.8 cm³/mol. The molecule has 1 aromatic carbocycles. The third-order valence-corrected chi connectivity index (χ3v) is 4.47. The van der Waals surface area contributed by atoms with Gasteiger partial charge in [0, 0.05) is 24.1 Å². The van der Waals surface area contributed by atoms with Crippen molar-refractivity contribution in [1.82, 2.24) is 5.32 Å². The smallest absolute Gasteiger partial charge is 0.343 e. The molecule has 0 atom stereocenters. The van der Waals surface area contributed by atoms with Crippen LogP contribution >= 0.6 is 0 Å². The minimum Gasteiger partial charge on any atom is -0.462 e. The van der Waals surface area contributed by atoms with E-state index in [1.54, 1.807) is 13.0 Å². The van der Waals surface area contributed by atoms with E-state index in [2.05, 4.69) is 5.32 Å². The van der Waals surface area contributed by atoms with Crippen LogP contribution in [0.5, 0.6) is 0 Å². The molecule has 0 unspecified atom stereocenters. The molecule has 23 heavy (non-hydrogen) atoms. The van der Waals surface area contributed by atoms with Crippen molar-refractivity contribution in [3.05, 3.63) is 41.6 Å². The molecule has 0 spiro atoms. The normalized spacial score (nSPS) is 15.1. The number of sulfone groups is 1. The number of nitrogens with one attached hydrogen (secondary N) is 1. The lowest BCUT2D eigenvalue weighted by molar-refractivity contribution is -0.138. The lowest BCUT2D eigenvalue weighted by atomic mass is 10.0. The first-order valence-corrected chi connectivity index (χ1v) is 9.21. The molecule has 6 nitrogen and oxygen atoms in total. The molecule has 0 saturated heterocycles. The van der Waals surface area contributed by atoms with Crippen LogP contribution in [0.2, 0.25) is 0 Å². The van der Waals surface area contributed by atoms with Crippen LogP contribution in [0.15, 0.2) is 40.9 Å². The Hall–Kier alpha value is -2.15. The fourth-order valence-corrected chi connectivity index (χ4v) is 2.89. The summed E-state index contributed by atoms with van der Waals surface area (Å²) in [5.74, 6) is -1.44. The van der Waals surface area contributed by atoms with Gasteiger partial charge < -0.3 is 10.1 Å². The molecule has 0 bridgehead atoms. The highest BCUT2D eigenvalue weighted by Gasteiger charge is 2.27. The Morgan fingerprint density at radius 1 is 1.30 bits per heavy atom. The maximum absolute atomic E-state index is 12.7. The molecule has 0 aliphatic heterocycles. The molecule has 1 aliphatic rings. The minimum atomic E-state index is -3.59. The van der Waals surface area contributed by atoms with Gasteiger partial charge in [-0.2, -0.15) is 0 Å². The molecule has 1 saturated carbocycles. The molecule has 0 radical (unpaired) electrons. The summed E-state index contributed by atoms with van der Waals surface area (Å²) >= 11 is 0. The van der Waals surface area contributed by atoms with Gasteiger partial charge in [0.15, 0.2) is 9.84 Å².